The van der Waals surface area contributed by atoms with E-state index in [0.29, 0.717) is 31.2 Å². The molecule has 2 fully saturated rings. The number of rotatable bonds is 3. The monoisotopic (exact) mass is 328 g/mol. The van der Waals surface area contributed by atoms with Crippen molar-refractivity contribution in [1.29, 1.82) is 0 Å². The zero-order valence-corrected chi connectivity index (χ0v) is 13.7. The Morgan fingerprint density at radius 1 is 1.14 bits per heavy atom. The van der Waals surface area contributed by atoms with Crippen molar-refractivity contribution < 1.29 is 23.0 Å². The highest BCUT2D eigenvalue weighted by Gasteiger charge is 2.30. The van der Waals surface area contributed by atoms with Crippen LogP contribution in [0.2, 0.25) is 0 Å². The lowest BCUT2D eigenvalue weighted by Crippen LogP contribution is -3.12. The van der Waals surface area contributed by atoms with Gasteiger partial charge in [0, 0.05) is 6.07 Å². The maximum Gasteiger partial charge on any atom is 0.274 e. The third-order valence-electron chi connectivity index (χ3n) is 4.33. The van der Waals surface area contributed by atoms with E-state index in [2.05, 4.69) is 16.9 Å². The molecule has 2 saturated heterocycles. The van der Waals surface area contributed by atoms with Crippen molar-refractivity contribution in [1.82, 2.24) is 4.31 Å². The second-order valence-electron chi connectivity index (χ2n) is 5.87. The number of pyridine rings is 1. The molecule has 0 amide bonds. The summed E-state index contributed by atoms with van der Waals surface area (Å²) in [5.74, 6) is 0.935. The van der Waals surface area contributed by atoms with Gasteiger partial charge < -0.3 is 9.64 Å². The van der Waals surface area contributed by atoms with E-state index in [9.17, 15) is 8.42 Å². The first-order valence-electron chi connectivity index (χ1n) is 7.73. The van der Waals surface area contributed by atoms with Crippen LogP contribution in [-0.2, 0) is 14.8 Å². The maximum absolute atomic E-state index is 12.6. The number of aromatic nitrogens is 1. The molecule has 8 heteroatoms. The summed E-state index contributed by atoms with van der Waals surface area (Å²) >= 11 is 0. The van der Waals surface area contributed by atoms with E-state index in [1.807, 2.05) is 6.07 Å². The number of likely N-dealkylation sites (N-methyl/N-ethyl adjacent to an activating group) is 1. The van der Waals surface area contributed by atoms with E-state index in [0.717, 1.165) is 32.0 Å². The number of nitrogens with one attached hydrogen (secondary N) is 2. The van der Waals surface area contributed by atoms with Gasteiger partial charge in [0.1, 0.15) is 24.2 Å². The van der Waals surface area contributed by atoms with Crippen LogP contribution in [-0.4, -0.2) is 72.3 Å². The van der Waals surface area contributed by atoms with Gasteiger partial charge >= 0.3 is 0 Å². The fourth-order valence-electron chi connectivity index (χ4n) is 2.82. The van der Waals surface area contributed by atoms with Crippen LogP contribution in [0.25, 0.3) is 0 Å². The number of quaternary nitrogens is 1. The van der Waals surface area contributed by atoms with Crippen LogP contribution in [0, 0.1) is 0 Å². The van der Waals surface area contributed by atoms with Gasteiger partial charge in [0.2, 0.25) is 10.0 Å². The van der Waals surface area contributed by atoms with Gasteiger partial charge in [-0.05, 0) is 6.07 Å². The predicted molar refractivity (Wildman–Crippen MR) is 81.4 cm³/mol. The second kappa shape index (κ2) is 6.49. The van der Waals surface area contributed by atoms with Crippen molar-refractivity contribution in [2.45, 2.75) is 4.90 Å². The summed E-state index contributed by atoms with van der Waals surface area (Å²) in [6.07, 6.45) is 1.60. The minimum atomic E-state index is -3.39. The zero-order valence-electron chi connectivity index (χ0n) is 12.9. The van der Waals surface area contributed by atoms with Crippen molar-refractivity contribution >= 4 is 15.8 Å². The smallest absolute Gasteiger partial charge is 0.274 e. The van der Waals surface area contributed by atoms with Gasteiger partial charge in [-0.15, -0.1) is 0 Å². The molecular weight excluding hydrogens is 304 g/mol. The van der Waals surface area contributed by atoms with Crippen LogP contribution >= 0.6 is 0 Å². The lowest BCUT2D eigenvalue weighted by molar-refractivity contribution is -0.883. The lowest BCUT2D eigenvalue weighted by atomic mass is 10.4. The number of ether oxygens (including phenoxy) is 1. The Kier molecular flexibility index (Phi) is 4.62. The fourth-order valence-corrected chi connectivity index (χ4v) is 4.23. The standard InChI is InChI=1S/C14H22N4O3S/c1-16-4-6-18(7-5-16)22(19,20)13-2-3-14(15-12-13)17-8-10-21-11-9-17/h2-3,12H,4-11H2,1H3/p+2. The van der Waals surface area contributed by atoms with Gasteiger partial charge in [-0.25, -0.2) is 13.4 Å². The van der Waals surface area contributed by atoms with Crippen LogP contribution < -0.4 is 14.8 Å². The van der Waals surface area contributed by atoms with Crippen molar-refractivity contribution in [3.8, 4) is 0 Å². The van der Waals surface area contributed by atoms with Gasteiger partial charge in [0.15, 0.2) is 0 Å². The van der Waals surface area contributed by atoms with Gasteiger partial charge in [-0.2, -0.15) is 4.31 Å². The summed E-state index contributed by atoms with van der Waals surface area (Å²) in [7, 11) is -1.30. The molecule has 0 bridgehead atoms. The molecule has 2 aliphatic rings. The number of hydrogen-bond donors (Lipinski definition) is 1. The molecule has 1 aromatic rings. The Balaban J connectivity index is 1.74. The number of H-pyrrole nitrogens is 1. The van der Waals surface area contributed by atoms with E-state index < -0.39 is 10.0 Å². The second-order valence-corrected chi connectivity index (χ2v) is 7.81. The number of anilines is 1. The number of sulfonamides is 1. The molecular formula is C14H24N4O3S+2. The summed E-state index contributed by atoms with van der Waals surface area (Å²) in [6.45, 7) is 5.94. The summed E-state index contributed by atoms with van der Waals surface area (Å²) in [5, 5.41) is 0. The molecule has 2 N–H and O–H groups in total. The molecule has 3 rings (SSSR count). The van der Waals surface area contributed by atoms with E-state index >= 15 is 0 Å². The lowest BCUT2D eigenvalue weighted by Gasteiger charge is -2.29. The van der Waals surface area contributed by atoms with E-state index in [1.54, 1.807) is 16.6 Å². The van der Waals surface area contributed by atoms with E-state index in [4.69, 9.17) is 4.74 Å². The number of morpholine rings is 1. The van der Waals surface area contributed by atoms with Crippen LogP contribution in [0.15, 0.2) is 23.2 Å². The van der Waals surface area contributed by atoms with Crippen molar-refractivity contribution in [3.63, 3.8) is 0 Å². The molecule has 0 spiro atoms. The van der Waals surface area contributed by atoms with Crippen molar-refractivity contribution in [3.05, 3.63) is 18.3 Å². The first kappa shape index (κ1) is 15.7. The first-order valence-corrected chi connectivity index (χ1v) is 9.17. The highest BCUT2D eigenvalue weighted by atomic mass is 32.2. The molecule has 22 heavy (non-hydrogen) atoms. The highest BCUT2D eigenvalue weighted by molar-refractivity contribution is 7.89. The molecule has 7 nitrogen and oxygen atoms in total. The third kappa shape index (κ3) is 3.24. The number of hydrogen-bond acceptors (Lipinski definition) is 4. The van der Waals surface area contributed by atoms with Crippen LogP contribution in [0.4, 0.5) is 5.82 Å². The third-order valence-corrected chi connectivity index (χ3v) is 6.23. The Labute approximate surface area is 131 Å². The number of nitrogens with zero attached hydrogens (tertiary/aromatic N) is 2. The van der Waals surface area contributed by atoms with Gasteiger partial charge in [-0.1, -0.05) is 0 Å². The fraction of sp³-hybridized carbons (Fsp3) is 0.643. The van der Waals surface area contributed by atoms with Gasteiger partial charge in [-0.3, -0.25) is 4.90 Å². The summed E-state index contributed by atoms with van der Waals surface area (Å²) in [6, 6.07) is 3.54. The molecule has 1 aromatic heterocycles. The van der Waals surface area contributed by atoms with Crippen molar-refractivity contribution in [2.75, 3.05) is 64.4 Å². The Morgan fingerprint density at radius 2 is 1.82 bits per heavy atom. The minimum Gasteiger partial charge on any atom is -0.373 e. The molecule has 0 unspecified atom stereocenters. The molecule has 0 aliphatic carbocycles. The minimum absolute atomic E-state index is 0.337. The average Bonchev–Trinajstić information content (AvgIpc) is 2.56. The molecule has 2 aliphatic heterocycles. The summed E-state index contributed by atoms with van der Waals surface area (Å²) in [5.41, 5.74) is 0. The van der Waals surface area contributed by atoms with E-state index in [1.165, 1.54) is 4.90 Å². The molecule has 0 atom stereocenters. The summed E-state index contributed by atoms with van der Waals surface area (Å²) in [4.78, 5) is 7.00. The van der Waals surface area contributed by atoms with Crippen LogP contribution in [0.1, 0.15) is 0 Å². The zero-order chi connectivity index (χ0) is 15.6. The molecule has 0 aromatic carbocycles. The molecule has 0 radical (unpaired) electrons. The quantitative estimate of drug-likeness (QED) is 0.687. The Morgan fingerprint density at radius 3 is 2.41 bits per heavy atom. The van der Waals surface area contributed by atoms with Crippen LogP contribution in [0.5, 0.6) is 0 Å². The van der Waals surface area contributed by atoms with E-state index in [-0.39, 0.29) is 0 Å². The average molecular weight is 328 g/mol. The molecule has 3 heterocycles. The first-order chi connectivity index (χ1) is 10.6. The van der Waals surface area contributed by atoms with Crippen LogP contribution in [0.3, 0.4) is 0 Å². The van der Waals surface area contributed by atoms with Crippen molar-refractivity contribution in [2.24, 2.45) is 0 Å². The maximum atomic E-state index is 12.6. The molecule has 122 valence electrons. The Hall–Kier alpha value is -1.22. The van der Waals surface area contributed by atoms with Gasteiger partial charge in [0.25, 0.3) is 5.82 Å². The topological polar surface area (TPSA) is 68.4 Å². The number of piperazine rings is 1. The highest BCUT2D eigenvalue weighted by Crippen LogP contribution is 2.16. The Bertz CT molecular complexity index is 591. The predicted octanol–water partition coefficient (Wildman–Crippen LogP) is -2.14. The van der Waals surface area contributed by atoms with Gasteiger partial charge in [0.05, 0.1) is 46.4 Å². The number of aromatic amines is 1. The molecule has 0 saturated carbocycles. The largest absolute Gasteiger partial charge is 0.373 e. The SMILES string of the molecule is C[NH+]1CCN(S(=O)(=O)c2ccc(N3CCOCC3)[nH+]c2)CC1. The normalized spacial score (nSPS) is 22.0. The summed E-state index contributed by atoms with van der Waals surface area (Å²) < 4.78 is 32.2.